The Labute approximate surface area is 109 Å². The second kappa shape index (κ2) is 5.34. The van der Waals surface area contributed by atoms with Crippen LogP contribution in [0.15, 0.2) is 36.5 Å². The molecule has 0 bridgehead atoms. The summed E-state index contributed by atoms with van der Waals surface area (Å²) in [5, 5.41) is 7.28. The number of anilines is 1. The topological polar surface area (TPSA) is 29.9 Å². The largest absolute Gasteiger partial charge is 0.416 e. The number of nitrogens with one attached hydrogen (secondary N) is 1. The normalized spacial score (nSPS) is 11.6. The van der Waals surface area contributed by atoms with Gasteiger partial charge in [-0.15, -0.1) is 0 Å². The Kier molecular flexibility index (Phi) is 3.78. The molecule has 1 aromatic carbocycles. The summed E-state index contributed by atoms with van der Waals surface area (Å²) in [5.41, 5.74) is 0.980. The van der Waals surface area contributed by atoms with Gasteiger partial charge < -0.3 is 5.32 Å². The summed E-state index contributed by atoms with van der Waals surface area (Å²) in [5.74, 6) is 0. The number of halogens is 3. The summed E-state index contributed by atoms with van der Waals surface area (Å²) in [6, 6.07) is 6.92. The van der Waals surface area contributed by atoms with E-state index in [9.17, 15) is 13.2 Å². The molecule has 1 N–H and O–H groups in total. The number of hydrogen-bond donors (Lipinski definition) is 1. The van der Waals surface area contributed by atoms with Crippen LogP contribution in [0.2, 0.25) is 0 Å². The van der Waals surface area contributed by atoms with Gasteiger partial charge in [0.1, 0.15) is 0 Å². The average molecular weight is 269 g/mol. The first kappa shape index (κ1) is 13.5. The summed E-state index contributed by atoms with van der Waals surface area (Å²) < 4.78 is 38.8. The smallest absolute Gasteiger partial charge is 0.385 e. The second-order valence-electron chi connectivity index (χ2n) is 4.23. The number of hydrogen-bond acceptors (Lipinski definition) is 2. The minimum absolute atomic E-state index is 0.627. The van der Waals surface area contributed by atoms with Crippen LogP contribution >= 0.6 is 0 Å². The Morgan fingerprint density at radius 3 is 2.37 bits per heavy atom. The van der Waals surface area contributed by atoms with Gasteiger partial charge in [0.05, 0.1) is 11.3 Å². The van der Waals surface area contributed by atoms with Crippen molar-refractivity contribution in [2.75, 3.05) is 11.9 Å². The Balaban J connectivity index is 1.86. The summed E-state index contributed by atoms with van der Waals surface area (Å²) in [6.45, 7) is 0.627. The van der Waals surface area contributed by atoms with Crippen molar-refractivity contribution < 1.29 is 13.2 Å². The number of aromatic nitrogens is 2. The molecule has 6 heteroatoms. The van der Waals surface area contributed by atoms with Gasteiger partial charge in [0.15, 0.2) is 0 Å². The number of benzene rings is 1. The van der Waals surface area contributed by atoms with Crippen molar-refractivity contribution in [3.8, 4) is 0 Å². The molecule has 102 valence electrons. The van der Waals surface area contributed by atoms with Gasteiger partial charge in [0.25, 0.3) is 0 Å². The van der Waals surface area contributed by atoms with Crippen molar-refractivity contribution in [1.29, 1.82) is 0 Å². The van der Waals surface area contributed by atoms with Crippen LogP contribution in [0.1, 0.15) is 11.3 Å². The lowest BCUT2D eigenvalue weighted by atomic mass is 10.2. The van der Waals surface area contributed by atoms with E-state index in [4.69, 9.17) is 0 Å². The van der Waals surface area contributed by atoms with E-state index in [-0.39, 0.29) is 0 Å². The Morgan fingerprint density at radius 2 is 1.84 bits per heavy atom. The maximum absolute atomic E-state index is 12.4. The predicted octanol–water partition coefficient (Wildman–Crippen LogP) is 3.09. The van der Waals surface area contributed by atoms with Crippen molar-refractivity contribution in [3.05, 3.63) is 47.8 Å². The molecule has 0 atom stereocenters. The standard InChI is InChI=1S/C13H14F3N3/c1-19-9-7-12(18-19)6-8-17-11-4-2-10(3-5-11)13(14,15)16/h2-5,7,9,17H,6,8H2,1H3. The van der Waals surface area contributed by atoms with Crippen LogP contribution < -0.4 is 5.32 Å². The van der Waals surface area contributed by atoms with Crippen molar-refractivity contribution in [2.45, 2.75) is 12.6 Å². The molecular formula is C13H14F3N3. The lowest BCUT2D eigenvalue weighted by molar-refractivity contribution is -0.137. The fraction of sp³-hybridized carbons (Fsp3) is 0.308. The first-order chi connectivity index (χ1) is 8.95. The van der Waals surface area contributed by atoms with Crippen LogP contribution in [0.5, 0.6) is 0 Å². The highest BCUT2D eigenvalue weighted by Crippen LogP contribution is 2.29. The highest BCUT2D eigenvalue weighted by atomic mass is 19.4. The van der Waals surface area contributed by atoms with E-state index in [0.717, 1.165) is 24.2 Å². The lowest BCUT2D eigenvalue weighted by Gasteiger charge is -2.09. The summed E-state index contributed by atoms with van der Waals surface area (Å²) in [6.07, 6.45) is -1.71. The second-order valence-corrected chi connectivity index (χ2v) is 4.23. The number of alkyl halides is 3. The van der Waals surface area contributed by atoms with Gasteiger partial charge in [-0.25, -0.2) is 0 Å². The zero-order chi connectivity index (χ0) is 13.9. The minimum Gasteiger partial charge on any atom is -0.385 e. The Morgan fingerprint density at radius 1 is 1.16 bits per heavy atom. The van der Waals surface area contributed by atoms with Crippen LogP contribution in [-0.4, -0.2) is 16.3 Å². The molecule has 2 rings (SSSR count). The van der Waals surface area contributed by atoms with Gasteiger partial charge in [-0.3, -0.25) is 4.68 Å². The fourth-order valence-electron chi connectivity index (χ4n) is 1.71. The minimum atomic E-state index is -4.29. The maximum Gasteiger partial charge on any atom is 0.416 e. The Bertz CT molecular complexity index is 529. The molecule has 0 unspecified atom stereocenters. The first-order valence-electron chi connectivity index (χ1n) is 5.85. The predicted molar refractivity (Wildman–Crippen MR) is 66.8 cm³/mol. The van der Waals surface area contributed by atoms with Gasteiger partial charge in [-0.05, 0) is 30.3 Å². The molecule has 0 fully saturated rings. The van der Waals surface area contributed by atoms with E-state index in [2.05, 4.69) is 10.4 Å². The van der Waals surface area contributed by atoms with E-state index in [1.165, 1.54) is 12.1 Å². The molecule has 0 aliphatic carbocycles. The summed E-state index contributed by atoms with van der Waals surface area (Å²) in [4.78, 5) is 0. The fourth-order valence-corrected chi connectivity index (χ4v) is 1.71. The summed E-state index contributed by atoms with van der Waals surface area (Å²) >= 11 is 0. The summed E-state index contributed by atoms with van der Waals surface area (Å²) in [7, 11) is 1.84. The van der Waals surface area contributed by atoms with Crippen molar-refractivity contribution in [2.24, 2.45) is 7.05 Å². The van der Waals surface area contributed by atoms with Crippen molar-refractivity contribution in [1.82, 2.24) is 9.78 Å². The lowest BCUT2D eigenvalue weighted by Crippen LogP contribution is -2.07. The van der Waals surface area contributed by atoms with E-state index in [1.54, 1.807) is 4.68 Å². The first-order valence-corrected chi connectivity index (χ1v) is 5.85. The molecule has 19 heavy (non-hydrogen) atoms. The SMILES string of the molecule is Cn1ccc(CCNc2ccc(C(F)(F)F)cc2)n1. The number of rotatable bonds is 4. The number of nitrogens with zero attached hydrogens (tertiary/aromatic N) is 2. The maximum atomic E-state index is 12.4. The third kappa shape index (κ3) is 3.74. The van der Waals surface area contributed by atoms with E-state index in [1.807, 2.05) is 19.3 Å². The molecule has 0 saturated heterocycles. The highest BCUT2D eigenvalue weighted by Gasteiger charge is 2.29. The van der Waals surface area contributed by atoms with Gasteiger partial charge in [0.2, 0.25) is 0 Å². The quantitative estimate of drug-likeness (QED) is 0.924. The third-order valence-electron chi connectivity index (χ3n) is 2.69. The van der Waals surface area contributed by atoms with Crippen LogP contribution in [0, 0.1) is 0 Å². The van der Waals surface area contributed by atoms with Gasteiger partial charge in [-0.2, -0.15) is 18.3 Å². The molecule has 0 radical (unpaired) electrons. The molecule has 0 amide bonds. The Hall–Kier alpha value is -1.98. The van der Waals surface area contributed by atoms with Crippen LogP contribution in [0.25, 0.3) is 0 Å². The van der Waals surface area contributed by atoms with E-state index in [0.29, 0.717) is 12.2 Å². The number of aryl methyl sites for hydroxylation is 1. The molecule has 1 aromatic heterocycles. The molecule has 0 saturated carbocycles. The molecule has 0 aliphatic rings. The average Bonchev–Trinajstić information content (AvgIpc) is 2.75. The van der Waals surface area contributed by atoms with Crippen molar-refractivity contribution >= 4 is 5.69 Å². The van der Waals surface area contributed by atoms with Crippen LogP contribution in [0.3, 0.4) is 0 Å². The van der Waals surface area contributed by atoms with E-state index < -0.39 is 11.7 Å². The van der Waals surface area contributed by atoms with Gasteiger partial charge in [0, 0.05) is 31.9 Å². The van der Waals surface area contributed by atoms with Gasteiger partial charge >= 0.3 is 6.18 Å². The molecule has 1 heterocycles. The zero-order valence-electron chi connectivity index (χ0n) is 10.4. The molecule has 3 nitrogen and oxygen atoms in total. The molecule has 2 aromatic rings. The molecule has 0 spiro atoms. The highest BCUT2D eigenvalue weighted by molar-refractivity contribution is 5.45. The van der Waals surface area contributed by atoms with Crippen molar-refractivity contribution in [3.63, 3.8) is 0 Å². The monoisotopic (exact) mass is 269 g/mol. The van der Waals surface area contributed by atoms with Crippen LogP contribution in [-0.2, 0) is 19.6 Å². The van der Waals surface area contributed by atoms with E-state index >= 15 is 0 Å². The zero-order valence-corrected chi connectivity index (χ0v) is 10.4. The van der Waals surface area contributed by atoms with Crippen LogP contribution in [0.4, 0.5) is 18.9 Å². The van der Waals surface area contributed by atoms with Gasteiger partial charge in [-0.1, -0.05) is 0 Å². The third-order valence-corrected chi connectivity index (χ3v) is 2.69. The molecule has 0 aliphatic heterocycles. The molecular weight excluding hydrogens is 255 g/mol.